The van der Waals surface area contributed by atoms with Gasteiger partial charge in [-0.25, -0.2) is 0 Å². The summed E-state index contributed by atoms with van der Waals surface area (Å²) in [5, 5.41) is 1.19. The zero-order valence-electron chi connectivity index (χ0n) is 15.4. The number of aromatic nitrogens is 2. The Morgan fingerprint density at radius 1 is 1.24 bits per heavy atom. The van der Waals surface area contributed by atoms with Gasteiger partial charge in [0.2, 0.25) is 0 Å². The summed E-state index contributed by atoms with van der Waals surface area (Å²) in [4.78, 5) is 12.2. The Hall–Kier alpha value is -1.75. The number of hydrogen-bond acceptors (Lipinski definition) is 4. The van der Waals surface area contributed by atoms with Crippen LogP contribution in [0.15, 0.2) is 47.8 Å². The highest BCUT2D eigenvalue weighted by Gasteiger charge is 2.45. The second kappa shape index (κ2) is 6.20. The van der Waals surface area contributed by atoms with Crippen molar-refractivity contribution in [3.63, 3.8) is 0 Å². The van der Waals surface area contributed by atoms with E-state index >= 15 is 0 Å². The van der Waals surface area contributed by atoms with Gasteiger partial charge in [0.05, 0.1) is 11.7 Å². The molecule has 4 nitrogen and oxygen atoms in total. The zero-order valence-corrected chi connectivity index (χ0v) is 16.2. The van der Waals surface area contributed by atoms with Gasteiger partial charge >= 0.3 is 0 Å². The lowest BCUT2D eigenvalue weighted by atomic mass is 9.97. The standard InChI is InChI=1S/C20H26N4S/c1-5-15-13-25-19-22-17(16-8-6-7-10-21-16)18(24(15)19)14-9-11-23(12-14)20(2,3)4/h6-12,15,17-18H,5,13H2,1-4H3/t15-,17+,18+/m0/s1. The third kappa shape index (κ3) is 2.88. The summed E-state index contributed by atoms with van der Waals surface area (Å²) in [6.45, 7) is 9.00. The van der Waals surface area contributed by atoms with Crippen LogP contribution in [0, 0.1) is 0 Å². The van der Waals surface area contributed by atoms with E-state index in [0.717, 1.165) is 17.9 Å². The first-order valence-electron chi connectivity index (χ1n) is 9.07. The highest BCUT2D eigenvalue weighted by atomic mass is 32.2. The van der Waals surface area contributed by atoms with Gasteiger partial charge in [-0.05, 0) is 51.0 Å². The fraction of sp³-hybridized carbons (Fsp3) is 0.500. The Morgan fingerprint density at radius 2 is 2.08 bits per heavy atom. The minimum atomic E-state index is 0.0777. The van der Waals surface area contributed by atoms with Crippen molar-refractivity contribution in [1.29, 1.82) is 0 Å². The number of rotatable bonds is 3. The second-order valence-electron chi connectivity index (χ2n) is 7.86. The minimum Gasteiger partial charge on any atom is -0.349 e. The van der Waals surface area contributed by atoms with Crippen LogP contribution < -0.4 is 0 Å². The molecule has 3 atom stereocenters. The molecule has 0 unspecified atom stereocenters. The molecule has 2 aromatic rings. The quantitative estimate of drug-likeness (QED) is 0.806. The van der Waals surface area contributed by atoms with Crippen molar-refractivity contribution in [2.75, 3.05) is 5.75 Å². The van der Waals surface area contributed by atoms with E-state index in [1.807, 2.05) is 24.0 Å². The van der Waals surface area contributed by atoms with Crippen LogP contribution in [0.25, 0.3) is 0 Å². The first kappa shape index (κ1) is 16.7. The van der Waals surface area contributed by atoms with E-state index in [1.54, 1.807) is 0 Å². The molecule has 25 heavy (non-hydrogen) atoms. The van der Waals surface area contributed by atoms with Gasteiger partial charge in [0.25, 0.3) is 0 Å². The predicted octanol–water partition coefficient (Wildman–Crippen LogP) is 4.62. The largest absolute Gasteiger partial charge is 0.349 e. The van der Waals surface area contributed by atoms with Gasteiger partial charge < -0.3 is 9.47 Å². The van der Waals surface area contributed by atoms with Crippen molar-refractivity contribution in [2.24, 2.45) is 4.99 Å². The van der Waals surface area contributed by atoms with Gasteiger partial charge in [0, 0.05) is 35.9 Å². The molecule has 2 aliphatic heterocycles. The van der Waals surface area contributed by atoms with Crippen molar-refractivity contribution >= 4 is 16.9 Å². The topological polar surface area (TPSA) is 33.4 Å². The van der Waals surface area contributed by atoms with Crippen LogP contribution in [0.4, 0.5) is 0 Å². The maximum Gasteiger partial charge on any atom is 0.160 e. The van der Waals surface area contributed by atoms with E-state index in [9.17, 15) is 0 Å². The molecule has 0 spiro atoms. The van der Waals surface area contributed by atoms with Crippen molar-refractivity contribution in [1.82, 2.24) is 14.5 Å². The lowest BCUT2D eigenvalue weighted by Gasteiger charge is -2.31. The average Bonchev–Trinajstić information content (AvgIpc) is 3.29. The fourth-order valence-electron chi connectivity index (χ4n) is 3.71. The molecular weight excluding hydrogens is 328 g/mol. The molecule has 0 radical (unpaired) electrons. The van der Waals surface area contributed by atoms with Crippen LogP contribution in [0.2, 0.25) is 0 Å². The number of aliphatic imine (C=N–C) groups is 1. The second-order valence-corrected chi connectivity index (χ2v) is 8.85. The van der Waals surface area contributed by atoms with Crippen LogP contribution in [0.1, 0.15) is 57.5 Å². The number of thioether (sulfide) groups is 1. The van der Waals surface area contributed by atoms with Crippen molar-refractivity contribution < 1.29 is 0 Å². The van der Waals surface area contributed by atoms with Crippen molar-refractivity contribution in [3.05, 3.63) is 54.1 Å². The molecule has 1 saturated heterocycles. The lowest BCUT2D eigenvalue weighted by Crippen LogP contribution is -2.35. The number of pyridine rings is 1. The molecule has 0 aromatic carbocycles. The zero-order chi connectivity index (χ0) is 17.6. The maximum absolute atomic E-state index is 5.08. The van der Waals surface area contributed by atoms with Crippen molar-refractivity contribution in [3.8, 4) is 0 Å². The molecule has 4 heterocycles. The van der Waals surface area contributed by atoms with Crippen LogP contribution in [0.5, 0.6) is 0 Å². The SMILES string of the molecule is CC[C@H]1CSC2=N[C@H](c3ccccn3)[C@@H](c3ccn(C(C)(C)C)c3)N21. The lowest BCUT2D eigenvalue weighted by molar-refractivity contribution is 0.254. The highest BCUT2D eigenvalue weighted by Crippen LogP contribution is 2.48. The monoisotopic (exact) mass is 354 g/mol. The summed E-state index contributed by atoms with van der Waals surface area (Å²) in [6.07, 6.45) is 7.53. The summed E-state index contributed by atoms with van der Waals surface area (Å²) >= 11 is 1.90. The summed E-state index contributed by atoms with van der Waals surface area (Å²) in [6, 6.07) is 9.29. The molecule has 5 heteroatoms. The summed E-state index contributed by atoms with van der Waals surface area (Å²) < 4.78 is 2.31. The molecule has 0 saturated carbocycles. The van der Waals surface area contributed by atoms with Gasteiger partial charge in [-0.3, -0.25) is 9.98 Å². The number of fused-ring (bicyclic) bond motifs is 1. The van der Waals surface area contributed by atoms with Gasteiger partial charge in [0.15, 0.2) is 5.17 Å². The molecule has 0 bridgehead atoms. The third-order valence-electron chi connectivity index (χ3n) is 5.16. The Bertz CT molecular complexity index is 774. The highest BCUT2D eigenvalue weighted by molar-refractivity contribution is 8.14. The smallest absolute Gasteiger partial charge is 0.160 e. The Labute approximate surface area is 154 Å². The van der Waals surface area contributed by atoms with Crippen LogP contribution >= 0.6 is 11.8 Å². The van der Waals surface area contributed by atoms with E-state index in [-0.39, 0.29) is 17.6 Å². The van der Waals surface area contributed by atoms with Crippen LogP contribution in [-0.2, 0) is 5.54 Å². The molecular formula is C20H26N4S. The first-order chi connectivity index (χ1) is 12.0. The van der Waals surface area contributed by atoms with Gasteiger partial charge in [-0.2, -0.15) is 0 Å². The summed E-state index contributed by atoms with van der Waals surface area (Å²) in [5.74, 6) is 1.14. The molecule has 2 aromatic heterocycles. The van der Waals surface area contributed by atoms with Gasteiger partial charge in [0.1, 0.15) is 6.04 Å². The minimum absolute atomic E-state index is 0.0777. The van der Waals surface area contributed by atoms with Gasteiger partial charge in [-0.15, -0.1) is 0 Å². The van der Waals surface area contributed by atoms with E-state index in [1.165, 1.54) is 10.7 Å². The number of hydrogen-bond donors (Lipinski definition) is 0. The first-order valence-corrected chi connectivity index (χ1v) is 10.1. The van der Waals surface area contributed by atoms with Crippen LogP contribution in [0.3, 0.4) is 0 Å². The maximum atomic E-state index is 5.08. The molecule has 2 aliphatic rings. The fourth-order valence-corrected chi connectivity index (χ4v) is 5.05. The predicted molar refractivity (Wildman–Crippen MR) is 105 cm³/mol. The number of amidine groups is 1. The van der Waals surface area contributed by atoms with Crippen LogP contribution in [-0.4, -0.2) is 31.4 Å². The van der Waals surface area contributed by atoms with E-state index in [2.05, 4.69) is 72.7 Å². The molecule has 132 valence electrons. The Morgan fingerprint density at radius 3 is 2.72 bits per heavy atom. The normalized spacial score (nSPS) is 26.0. The summed E-state index contributed by atoms with van der Waals surface area (Å²) in [7, 11) is 0. The average molecular weight is 355 g/mol. The van der Waals surface area contributed by atoms with E-state index < -0.39 is 0 Å². The van der Waals surface area contributed by atoms with Crippen molar-refractivity contribution in [2.45, 2.75) is 57.8 Å². The summed E-state index contributed by atoms with van der Waals surface area (Å²) in [5.41, 5.74) is 2.49. The molecule has 0 N–H and O–H groups in total. The Balaban J connectivity index is 1.76. The molecule has 0 aliphatic carbocycles. The number of nitrogens with zero attached hydrogens (tertiary/aromatic N) is 4. The molecule has 0 amide bonds. The molecule has 1 fully saturated rings. The Kier molecular flexibility index (Phi) is 4.14. The van der Waals surface area contributed by atoms with E-state index in [4.69, 9.17) is 4.99 Å². The van der Waals surface area contributed by atoms with Gasteiger partial charge in [-0.1, -0.05) is 24.8 Å². The molecule has 4 rings (SSSR count). The third-order valence-corrected chi connectivity index (χ3v) is 6.29. The van der Waals surface area contributed by atoms with E-state index in [0.29, 0.717) is 6.04 Å².